The molecule has 0 bridgehead atoms. The number of rotatable bonds is 5. The van der Waals surface area contributed by atoms with Crippen LogP contribution in [0.2, 0.25) is 0 Å². The van der Waals surface area contributed by atoms with Gasteiger partial charge in [-0.1, -0.05) is 30.3 Å². The summed E-state index contributed by atoms with van der Waals surface area (Å²) in [7, 11) is 0. The van der Waals surface area contributed by atoms with Gasteiger partial charge in [-0.15, -0.1) is 0 Å². The summed E-state index contributed by atoms with van der Waals surface area (Å²) in [5.74, 6) is -0.327. The van der Waals surface area contributed by atoms with Gasteiger partial charge in [0.25, 0.3) is 0 Å². The molecule has 2 aromatic carbocycles. The molecular weight excluding hydrogens is 304 g/mol. The molecule has 0 aromatic heterocycles. The predicted octanol–water partition coefficient (Wildman–Crippen LogP) is 2.10. The lowest BCUT2D eigenvalue weighted by atomic mass is 10.1. The SMILES string of the molecule is O=C(NCCc1ccccc1)C1CC(=O)N(c2ccc(O)cc2)C1. The van der Waals surface area contributed by atoms with Gasteiger partial charge in [-0.3, -0.25) is 9.59 Å². The second-order valence-corrected chi connectivity index (χ2v) is 5.95. The van der Waals surface area contributed by atoms with Gasteiger partial charge in [-0.2, -0.15) is 0 Å². The van der Waals surface area contributed by atoms with E-state index in [0.717, 1.165) is 6.42 Å². The molecule has 124 valence electrons. The minimum absolute atomic E-state index is 0.0658. The molecule has 5 nitrogen and oxygen atoms in total. The second-order valence-electron chi connectivity index (χ2n) is 5.95. The number of hydrogen-bond acceptors (Lipinski definition) is 3. The van der Waals surface area contributed by atoms with Crippen LogP contribution in [-0.4, -0.2) is 30.0 Å². The van der Waals surface area contributed by atoms with E-state index >= 15 is 0 Å². The molecule has 2 amide bonds. The lowest BCUT2D eigenvalue weighted by Gasteiger charge is -2.16. The van der Waals surface area contributed by atoms with E-state index in [2.05, 4.69) is 5.32 Å². The van der Waals surface area contributed by atoms with Gasteiger partial charge >= 0.3 is 0 Å². The summed E-state index contributed by atoms with van der Waals surface area (Å²) in [6.45, 7) is 0.938. The monoisotopic (exact) mass is 324 g/mol. The summed E-state index contributed by atoms with van der Waals surface area (Å²) in [6.07, 6.45) is 0.993. The van der Waals surface area contributed by atoms with E-state index < -0.39 is 0 Å². The molecule has 1 saturated heterocycles. The number of nitrogens with one attached hydrogen (secondary N) is 1. The van der Waals surface area contributed by atoms with E-state index in [1.807, 2.05) is 30.3 Å². The zero-order valence-corrected chi connectivity index (χ0v) is 13.3. The van der Waals surface area contributed by atoms with Crippen molar-refractivity contribution < 1.29 is 14.7 Å². The number of aromatic hydroxyl groups is 1. The molecule has 0 radical (unpaired) electrons. The first kappa shape index (κ1) is 16.1. The number of carbonyl (C=O) groups excluding carboxylic acids is 2. The van der Waals surface area contributed by atoms with Gasteiger partial charge in [0.2, 0.25) is 11.8 Å². The van der Waals surface area contributed by atoms with Crippen LogP contribution in [0.4, 0.5) is 5.69 Å². The third kappa shape index (κ3) is 3.74. The topological polar surface area (TPSA) is 69.6 Å². The van der Waals surface area contributed by atoms with Crippen molar-refractivity contribution in [3.05, 3.63) is 60.2 Å². The Morgan fingerprint density at radius 1 is 1.12 bits per heavy atom. The third-order valence-corrected chi connectivity index (χ3v) is 4.21. The molecule has 1 fully saturated rings. The number of carbonyl (C=O) groups is 2. The molecule has 0 saturated carbocycles. The summed E-state index contributed by atoms with van der Waals surface area (Å²) < 4.78 is 0. The number of anilines is 1. The van der Waals surface area contributed by atoms with Crippen LogP contribution in [0.15, 0.2) is 54.6 Å². The standard InChI is InChI=1S/C19H20N2O3/c22-17-8-6-16(7-9-17)21-13-15(12-18(21)23)19(24)20-11-10-14-4-2-1-3-5-14/h1-9,15,22H,10-13H2,(H,20,24). The number of hydrogen-bond donors (Lipinski definition) is 2. The van der Waals surface area contributed by atoms with Gasteiger partial charge in [0.15, 0.2) is 0 Å². The summed E-state index contributed by atoms with van der Waals surface area (Å²) in [5, 5.41) is 12.2. The van der Waals surface area contributed by atoms with E-state index in [1.54, 1.807) is 17.0 Å². The molecule has 0 aliphatic carbocycles. The van der Waals surface area contributed by atoms with Gasteiger partial charge in [-0.25, -0.2) is 0 Å². The van der Waals surface area contributed by atoms with Crippen molar-refractivity contribution >= 4 is 17.5 Å². The van der Waals surface area contributed by atoms with Crippen molar-refractivity contribution in [1.29, 1.82) is 0 Å². The van der Waals surface area contributed by atoms with Crippen LogP contribution in [0.5, 0.6) is 5.75 Å². The lowest BCUT2D eigenvalue weighted by Crippen LogP contribution is -2.34. The quantitative estimate of drug-likeness (QED) is 0.885. The highest BCUT2D eigenvalue weighted by atomic mass is 16.3. The highest BCUT2D eigenvalue weighted by Crippen LogP contribution is 2.26. The summed E-state index contributed by atoms with van der Waals surface area (Å²) in [5.41, 5.74) is 1.88. The number of nitrogens with zero attached hydrogens (tertiary/aromatic N) is 1. The van der Waals surface area contributed by atoms with Crippen LogP contribution >= 0.6 is 0 Å². The van der Waals surface area contributed by atoms with Crippen molar-refractivity contribution in [2.45, 2.75) is 12.8 Å². The van der Waals surface area contributed by atoms with E-state index in [4.69, 9.17) is 0 Å². The van der Waals surface area contributed by atoms with Crippen LogP contribution in [0.3, 0.4) is 0 Å². The van der Waals surface area contributed by atoms with Crippen LogP contribution < -0.4 is 10.2 Å². The highest BCUT2D eigenvalue weighted by molar-refractivity contribution is 6.00. The van der Waals surface area contributed by atoms with Gasteiger partial charge in [-0.05, 0) is 36.2 Å². The van der Waals surface area contributed by atoms with E-state index in [-0.39, 0.29) is 29.9 Å². The fraction of sp³-hybridized carbons (Fsp3) is 0.263. The van der Waals surface area contributed by atoms with Crippen molar-refractivity contribution in [3.8, 4) is 5.75 Å². The molecule has 1 aliphatic heterocycles. The van der Waals surface area contributed by atoms with Crippen LogP contribution in [0, 0.1) is 5.92 Å². The fourth-order valence-corrected chi connectivity index (χ4v) is 2.88. The molecule has 1 unspecified atom stereocenters. The first-order valence-electron chi connectivity index (χ1n) is 8.04. The van der Waals surface area contributed by atoms with E-state index in [9.17, 15) is 14.7 Å². The molecule has 1 heterocycles. The Labute approximate surface area is 140 Å². The van der Waals surface area contributed by atoms with Crippen molar-refractivity contribution in [3.63, 3.8) is 0 Å². The highest BCUT2D eigenvalue weighted by Gasteiger charge is 2.34. The molecule has 24 heavy (non-hydrogen) atoms. The van der Waals surface area contributed by atoms with Crippen LogP contribution in [-0.2, 0) is 16.0 Å². The average molecular weight is 324 g/mol. The summed E-state index contributed by atoms with van der Waals surface area (Å²) >= 11 is 0. The maximum absolute atomic E-state index is 12.3. The first-order chi connectivity index (χ1) is 11.6. The zero-order chi connectivity index (χ0) is 16.9. The molecule has 1 atom stereocenters. The largest absolute Gasteiger partial charge is 0.508 e. The molecule has 1 aliphatic rings. The Morgan fingerprint density at radius 2 is 1.83 bits per heavy atom. The van der Waals surface area contributed by atoms with Crippen molar-refractivity contribution in [2.24, 2.45) is 5.92 Å². The smallest absolute Gasteiger partial charge is 0.227 e. The third-order valence-electron chi connectivity index (χ3n) is 4.21. The van der Waals surface area contributed by atoms with Crippen LogP contribution in [0.25, 0.3) is 0 Å². The predicted molar refractivity (Wildman–Crippen MR) is 91.7 cm³/mol. The molecule has 2 N–H and O–H groups in total. The van der Waals surface area contributed by atoms with Crippen LogP contribution in [0.1, 0.15) is 12.0 Å². The molecule has 5 heteroatoms. The van der Waals surface area contributed by atoms with Gasteiger partial charge in [0, 0.05) is 25.2 Å². The van der Waals surface area contributed by atoms with E-state index in [1.165, 1.54) is 17.7 Å². The summed E-state index contributed by atoms with van der Waals surface area (Å²) in [6, 6.07) is 16.4. The number of amides is 2. The van der Waals surface area contributed by atoms with Crippen molar-refractivity contribution in [1.82, 2.24) is 5.32 Å². The Balaban J connectivity index is 1.53. The lowest BCUT2D eigenvalue weighted by molar-refractivity contribution is -0.126. The molecule has 3 rings (SSSR count). The fourth-order valence-electron chi connectivity index (χ4n) is 2.88. The van der Waals surface area contributed by atoms with Crippen molar-refractivity contribution in [2.75, 3.05) is 18.0 Å². The molecular formula is C19H20N2O3. The maximum atomic E-state index is 12.3. The van der Waals surface area contributed by atoms with Gasteiger partial charge in [0.05, 0.1) is 5.92 Å². The Bertz CT molecular complexity index is 713. The Hall–Kier alpha value is -2.82. The second kappa shape index (κ2) is 7.17. The van der Waals surface area contributed by atoms with Gasteiger partial charge < -0.3 is 15.3 Å². The molecule has 2 aromatic rings. The van der Waals surface area contributed by atoms with E-state index in [0.29, 0.717) is 18.8 Å². The first-order valence-corrected chi connectivity index (χ1v) is 8.04. The Kier molecular flexibility index (Phi) is 4.79. The number of phenolic OH excluding ortho intramolecular Hbond substituents is 1. The Morgan fingerprint density at radius 3 is 2.54 bits per heavy atom. The van der Waals surface area contributed by atoms with Gasteiger partial charge in [0.1, 0.15) is 5.75 Å². The minimum Gasteiger partial charge on any atom is -0.508 e. The number of phenols is 1. The summed E-state index contributed by atoms with van der Waals surface area (Å²) in [4.78, 5) is 26.0. The minimum atomic E-state index is -0.331. The number of benzene rings is 2. The zero-order valence-electron chi connectivity index (χ0n) is 13.3. The average Bonchev–Trinajstić information content (AvgIpc) is 2.98. The maximum Gasteiger partial charge on any atom is 0.227 e. The normalized spacial score (nSPS) is 17.1. The molecule has 0 spiro atoms.